The highest BCUT2D eigenvalue weighted by Gasteiger charge is 2.23. The van der Waals surface area contributed by atoms with Gasteiger partial charge in [-0.25, -0.2) is 8.42 Å². The largest absolute Gasteiger partial charge is 0.312 e. The van der Waals surface area contributed by atoms with Crippen molar-refractivity contribution < 1.29 is 13.2 Å². The molecule has 2 aromatic rings. The van der Waals surface area contributed by atoms with E-state index in [0.29, 0.717) is 12.2 Å². The standard InChI is InChI=1S/C18H19BrN2O3S/c1-12-10-15(5-7-17(12)19)20-25(23,24)16-6-8-18-14(11-16)4-3-9-21(18)13(2)22/h5-8,10-11,20H,3-4,9H2,1-2H3. The molecule has 1 aliphatic rings. The predicted octanol–water partition coefficient (Wildman–Crippen LogP) is 3.86. The molecule has 0 bridgehead atoms. The minimum absolute atomic E-state index is 0.0278. The summed E-state index contributed by atoms with van der Waals surface area (Å²) in [6, 6.07) is 10.2. The number of aryl methyl sites for hydroxylation is 2. The van der Waals surface area contributed by atoms with Crippen molar-refractivity contribution in [1.82, 2.24) is 0 Å². The molecular weight excluding hydrogens is 404 g/mol. The summed E-state index contributed by atoms with van der Waals surface area (Å²) in [7, 11) is -3.68. The third-order valence-corrected chi connectivity index (χ3v) is 6.54. The van der Waals surface area contributed by atoms with E-state index < -0.39 is 10.0 Å². The van der Waals surface area contributed by atoms with Crippen molar-refractivity contribution in [1.29, 1.82) is 0 Å². The molecule has 0 aromatic heterocycles. The highest BCUT2D eigenvalue weighted by molar-refractivity contribution is 9.10. The van der Waals surface area contributed by atoms with E-state index in [1.807, 2.05) is 13.0 Å². The highest BCUT2D eigenvalue weighted by atomic mass is 79.9. The monoisotopic (exact) mass is 422 g/mol. The van der Waals surface area contributed by atoms with E-state index in [2.05, 4.69) is 20.7 Å². The Morgan fingerprint density at radius 3 is 2.64 bits per heavy atom. The van der Waals surface area contributed by atoms with Gasteiger partial charge >= 0.3 is 0 Å². The first-order valence-electron chi connectivity index (χ1n) is 7.98. The van der Waals surface area contributed by atoms with Crippen molar-refractivity contribution in [2.45, 2.75) is 31.6 Å². The summed E-state index contributed by atoms with van der Waals surface area (Å²) in [5.41, 5.74) is 3.15. The number of fused-ring (bicyclic) bond motifs is 1. The molecular formula is C18H19BrN2O3S. The van der Waals surface area contributed by atoms with Crippen molar-refractivity contribution in [2.24, 2.45) is 0 Å². The van der Waals surface area contributed by atoms with Crippen LogP contribution in [0.3, 0.4) is 0 Å². The van der Waals surface area contributed by atoms with Crippen LogP contribution in [-0.2, 0) is 21.2 Å². The Hall–Kier alpha value is -1.86. The molecule has 7 heteroatoms. The van der Waals surface area contributed by atoms with Gasteiger partial charge in [0.2, 0.25) is 5.91 Å². The van der Waals surface area contributed by atoms with Gasteiger partial charge < -0.3 is 4.90 Å². The van der Waals surface area contributed by atoms with Gasteiger partial charge in [0.25, 0.3) is 10.0 Å². The van der Waals surface area contributed by atoms with Crippen LogP contribution in [0.4, 0.5) is 11.4 Å². The Morgan fingerprint density at radius 1 is 1.20 bits per heavy atom. The van der Waals surface area contributed by atoms with Gasteiger partial charge in [-0.2, -0.15) is 0 Å². The van der Waals surface area contributed by atoms with E-state index >= 15 is 0 Å². The van der Waals surface area contributed by atoms with E-state index in [9.17, 15) is 13.2 Å². The van der Waals surface area contributed by atoms with Gasteiger partial charge in [0.1, 0.15) is 0 Å². The molecule has 1 aliphatic heterocycles. The first kappa shape index (κ1) is 17.9. The van der Waals surface area contributed by atoms with Crippen LogP contribution in [0, 0.1) is 6.92 Å². The quantitative estimate of drug-likeness (QED) is 0.816. The number of carbonyl (C=O) groups excluding carboxylic acids is 1. The molecule has 1 amide bonds. The molecule has 0 fully saturated rings. The molecule has 1 heterocycles. The lowest BCUT2D eigenvalue weighted by Gasteiger charge is -2.28. The first-order valence-corrected chi connectivity index (χ1v) is 10.3. The Labute approximate surface area is 156 Å². The van der Waals surface area contributed by atoms with Crippen LogP contribution in [0.2, 0.25) is 0 Å². The second kappa shape index (κ2) is 6.80. The number of anilines is 2. The maximum atomic E-state index is 12.7. The SMILES string of the molecule is CC(=O)N1CCCc2cc(S(=O)(=O)Nc3ccc(Br)c(C)c3)ccc21. The van der Waals surface area contributed by atoms with Gasteiger partial charge in [0.05, 0.1) is 4.90 Å². The van der Waals surface area contributed by atoms with Crippen LogP contribution in [0.1, 0.15) is 24.5 Å². The summed E-state index contributed by atoms with van der Waals surface area (Å²) in [6.07, 6.45) is 1.59. The summed E-state index contributed by atoms with van der Waals surface area (Å²) in [6.45, 7) is 4.10. The zero-order chi connectivity index (χ0) is 18.2. The fraction of sp³-hybridized carbons (Fsp3) is 0.278. The molecule has 0 radical (unpaired) electrons. The fourth-order valence-electron chi connectivity index (χ4n) is 2.99. The topological polar surface area (TPSA) is 66.5 Å². The summed E-state index contributed by atoms with van der Waals surface area (Å²) >= 11 is 3.40. The predicted molar refractivity (Wildman–Crippen MR) is 102 cm³/mol. The lowest BCUT2D eigenvalue weighted by molar-refractivity contribution is -0.116. The van der Waals surface area contributed by atoms with Crippen molar-refractivity contribution >= 4 is 43.2 Å². The number of benzene rings is 2. The normalized spacial score (nSPS) is 14.1. The summed E-state index contributed by atoms with van der Waals surface area (Å²) in [5.74, 6) is -0.0278. The zero-order valence-electron chi connectivity index (χ0n) is 14.0. The van der Waals surface area contributed by atoms with Gasteiger partial charge in [-0.05, 0) is 67.3 Å². The Morgan fingerprint density at radius 2 is 1.96 bits per heavy atom. The van der Waals surface area contributed by atoms with E-state index in [-0.39, 0.29) is 10.8 Å². The molecule has 1 N–H and O–H groups in total. The van der Waals surface area contributed by atoms with Crippen molar-refractivity contribution in [3.8, 4) is 0 Å². The lowest BCUT2D eigenvalue weighted by atomic mass is 10.0. The average Bonchev–Trinajstić information content (AvgIpc) is 2.56. The molecule has 0 atom stereocenters. The van der Waals surface area contributed by atoms with Crippen molar-refractivity contribution in [2.75, 3.05) is 16.2 Å². The molecule has 132 valence electrons. The number of amides is 1. The van der Waals surface area contributed by atoms with E-state index in [1.54, 1.807) is 35.2 Å². The summed E-state index contributed by atoms with van der Waals surface area (Å²) in [5, 5.41) is 0. The number of sulfonamides is 1. The third-order valence-electron chi connectivity index (χ3n) is 4.27. The maximum absolute atomic E-state index is 12.7. The first-order chi connectivity index (χ1) is 11.8. The number of nitrogens with one attached hydrogen (secondary N) is 1. The van der Waals surface area contributed by atoms with Gasteiger partial charge in [-0.1, -0.05) is 15.9 Å². The van der Waals surface area contributed by atoms with E-state index in [4.69, 9.17) is 0 Å². The van der Waals surface area contributed by atoms with Crippen molar-refractivity contribution in [3.63, 3.8) is 0 Å². The number of hydrogen-bond acceptors (Lipinski definition) is 3. The molecule has 0 saturated heterocycles. The Kier molecular flexibility index (Phi) is 4.88. The van der Waals surface area contributed by atoms with Crippen LogP contribution >= 0.6 is 15.9 Å². The highest BCUT2D eigenvalue weighted by Crippen LogP contribution is 2.30. The number of halogens is 1. The number of rotatable bonds is 3. The minimum Gasteiger partial charge on any atom is -0.312 e. The Bertz CT molecular complexity index is 941. The summed E-state index contributed by atoms with van der Waals surface area (Å²) in [4.78, 5) is 13.6. The van der Waals surface area contributed by atoms with Gasteiger partial charge in [-0.15, -0.1) is 0 Å². The molecule has 0 saturated carbocycles. The van der Waals surface area contributed by atoms with Gasteiger partial charge in [0.15, 0.2) is 0 Å². The van der Waals surface area contributed by atoms with Gasteiger partial charge in [-0.3, -0.25) is 9.52 Å². The van der Waals surface area contributed by atoms with Crippen LogP contribution in [0.25, 0.3) is 0 Å². The minimum atomic E-state index is -3.68. The smallest absolute Gasteiger partial charge is 0.261 e. The molecule has 0 spiro atoms. The van der Waals surface area contributed by atoms with E-state index in [1.165, 1.54) is 6.92 Å². The van der Waals surface area contributed by atoms with Crippen molar-refractivity contribution in [3.05, 3.63) is 52.0 Å². The van der Waals surface area contributed by atoms with Crippen LogP contribution in [0.5, 0.6) is 0 Å². The zero-order valence-corrected chi connectivity index (χ0v) is 16.4. The second-order valence-electron chi connectivity index (χ2n) is 6.13. The second-order valence-corrected chi connectivity index (χ2v) is 8.67. The van der Waals surface area contributed by atoms with Crippen LogP contribution in [-0.4, -0.2) is 20.9 Å². The molecule has 0 aliphatic carbocycles. The average molecular weight is 423 g/mol. The molecule has 3 rings (SSSR count). The summed E-state index contributed by atoms with van der Waals surface area (Å²) < 4.78 is 28.9. The number of hydrogen-bond donors (Lipinski definition) is 1. The number of nitrogens with zero attached hydrogens (tertiary/aromatic N) is 1. The third kappa shape index (κ3) is 3.72. The Balaban J connectivity index is 1.92. The van der Waals surface area contributed by atoms with Gasteiger partial charge in [0, 0.05) is 29.3 Å². The number of carbonyl (C=O) groups is 1. The fourth-order valence-corrected chi connectivity index (χ4v) is 4.34. The lowest BCUT2D eigenvalue weighted by Crippen LogP contribution is -2.33. The van der Waals surface area contributed by atoms with Crippen LogP contribution in [0.15, 0.2) is 45.8 Å². The molecule has 0 unspecified atom stereocenters. The maximum Gasteiger partial charge on any atom is 0.261 e. The van der Waals surface area contributed by atoms with E-state index in [0.717, 1.165) is 34.1 Å². The molecule has 2 aromatic carbocycles. The molecule has 5 nitrogen and oxygen atoms in total. The molecule has 25 heavy (non-hydrogen) atoms. The van der Waals surface area contributed by atoms with Crippen LogP contribution < -0.4 is 9.62 Å².